The maximum atomic E-state index is 12.5. The van der Waals surface area contributed by atoms with Crippen LogP contribution in [0.3, 0.4) is 0 Å². The summed E-state index contributed by atoms with van der Waals surface area (Å²) in [6.45, 7) is 8.64. The van der Waals surface area contributed by atoms with Gasteiger partial charge in [0.1, 0.15) is 6.10 Å². The second kappa shape index (κ2) is 9.81. The van der Waals surface area contributed by atoms with Crippen molar-refractivity contribution in [3.63, 3.8) is 0 Å². The zero-order chi connectivity index (χ0) is 24.3. The quantitative estimate of drug-likeness (QED) is 0.376. The molecule has 0 aromatic heterocycles. The van der Waals surface area contributed by atoms with Crippen LogP contribution in [0.4, 0.5) is 0 Å². The molecular weight excluding hydrogens is 434 g/mol. The van der Waals surface area contributed by atoms with Gasteiger partial charge in [-0.1, -0.05) is 44.5 Å². The summed E-state index contributed by atoms with van der Waals surface area (Å²) in [5.74, 6) is -1.34. The fourth-order valence-electron chi connectivity index (χ4n) is 2.83. The molecule has 0 aliphatic rings. The number of aryl methyl sites for hydroxylation is 1. The molecule has 0 aliphatic heterocycles. The number of carbonyl (C=O) groups excluding carboxylic acids is 2. The van der Waals surface area contributed by atoms with Gasteiger partial charge in [0.05, 0.1) is 11.8 Å². The molecule has 8 nitrogen and oxygen atoms in total. The van der Waals surface area contributed by atoms with Crippen molar-refractivity contribution in [2.45, 2.75) is 46.8 Å². The van der Waals surface area contributed by atoms with Crippen molar-refractivity contribution in [3.05, 3.63) is 59.2 Å². The van der Waals surface area contributed by atoms with Crippen LogP contribution < -0.4 is 15.2 Å². The standard InChI is InChI=1S/C23H29NO7S/c1-14-7-9-16(10-8-14)22(26)30-18-12-11-17(13-19(18)29-15(2)25)20(31-32(6,27)28)21(24)23(3,4)5/h7-13,20-21H,24H2,1-6H3. The van der Waals surface area contributed by atoms with Gasteiger partial charge in [-0.15, -0.1) is 0 Å². The summed E-state index contributed by atoms with van der Waals surface area (Å²) in [4.78, 5) is 24.2. The van der Waals surface area contributed by atoms with E-state index in [0.717, 1.165) is 11.8 Å². The third kappa shape index (κ3) is 7.15. The molecule has 0 radical (unpaired) electrons. The molecule has 32 heavy (non-hydrogen) atoms. The Morgan fingerprint density at radius 2 is 1.56 bits per heavy atom. The molecule has 0 amide bonds. The first-order chi connectivity index (χ1) is 14.7. The highest BCUT2D eigenvalue weighted by Crippen LogP contribution is 2.37. The zero-order valence-corrected chi connectivity index (χ0v) is 19.9. The highest BCUT2D eigenvalue weighted by atomic mass is 32.2. The summed E-state index contributed by atoms with van der Waals surface area (Å²) in [5, 5.41) is 0. The number of esters is 2. The number of nitrogens with two attached hydrogens (primary N) is 1. The summed E-state index contributed by atoms with van der Waals surface area (Å²) in [5.41, 5.74) is 7.46. The minimum absolute atomic E-state index is 0.00281. The van der Waals surface area contributed by atoms with E-state index in [9.17, 15) is 18.0 Å². The molecule has 2 rings (SSSR count). The molecule has 0 saturated carbocycles. The van der Waals surface area contributed by atoms with Gasteiger partial charge in [-0.05, 0) is 42.2 Å². The monoisotopic (exact) mass is 463 g/mol. The van der Waals surface area contributed by atoms with Gasteiger partial charge in [0, 0.05) is 13.0 Å². The topological polar surface area (TPSA) is 122 Å². The van der Waals surface area contributed by atoms with Crippen LogP contribution in [-0.2, 0) is 19.1 Å². The Morgan fingerprint density at radius 3 is 2.06 bits per heavy atom. The van der Waals surface area contributed by atoms with E-state index in [1.54, 1.807) is 24.3 Å². The number of ether oxygens (including phenoxy) is 2. The molecule has 0 bridgehead atoms. The van der Waals surface area contributed by atoms with Crippen LogP contribution in [0.25, 0.3) is 0 Å². The molecule has 0 spiro atoms. The van der Waals surface area contributed by atoms with Gasteiger partial charge >= 0.3 is 11.9 Å². The maximum absolute atomic E-state index is 12.5. The number of hydrogen-bond acceptors (Lipinski definition) is 8. The van der Waals surface area contributed by atoms with Crippen molar-refractivity contribution in [1.82, 2.24) is 0 Å². The highest BCUT2D eigenvalue weighted by Gasteiger charge is 2.34. The second-order valence-corrected chi connectivity index (χ2v) is 10.3. The minimum Gasteiger partial charge on any atom is -0.423 e. The van der Waals surface area contributed by atoms with Crippen molar-refractivity contribution in [2.75, 3.05) is 6.26 Å². The predicted molar refractivity (Wildman–Crippen MR) is 120 cm³/mol. The van der Waals surface area contributed by atoms with E-state index in [2.05, 4.69) is 0 Å². The Morgan fingerprint density at radius 1 is 0.969 bits per heavy atom. The number of carbonyl (C=O) groups is 2. The van der Waals surface area contributed by atoms with E-state index in [0.29, 0.717) is 11.1 Å². The molecule has 2 N–H and O–H groups in total. The lowest BCUT2D eigenvalue weighted by molar-refractivity contribution is -0.132. The molecular formula is C23H29NO7S. The number of hydrogen-bond donors (Lipinski definition) is 1. The van der Waals surface area contributed by atoms with Crippen LogP contribution in [0.1, 0.15) is 55.3 Å². The molecule has 2 aromatic carbocycles. The van der Waals surface area contributed by atoms with Crippen molar-refractivity contribution < 1.29 is 31.7 Å². The van der Waals surface area contributed by atoms with Crippen molar-refractivity contribution in [2.24, 2.45) is 11.1 Å². The Balaban J connectivity index is 2.47. The predicted octanol–water partition coefficient (Wildman–Crippen LogP) is 3.53. The fraction of sp³-hybridized carbons (Fsp3) is 0.391. The molecule has 0 fully saturated rings. The Labute approximate surface area is 188 Å². The molecule has 174 valence electrons. The van der Waals surface area contributed by atoms with Gasteiger partial charge in [0.15, 0.2) is 11.5 Å². The number of rotatable bonds is 7. The molecule has 0 saturated heterocycles. The van der Waals surface area contributed by atoms with Crippen LogP contribution in [-0.4, -0.2) is 32.7 Å². The van der Waals surface area contributed by atoms with Crippen molar-refractivity contribution >= 4 is 22.1 Å². The van der Waals surface area contributed by atoms with Crippen molar-refractivity contribution in [3.8, 4) is 11.5 Å². The third-order valence-electron chi connectivity index (χ3n) is 4.64. The van der Waals surface area contributed by atoms with E-state index < -0.39 is 39.6 Å². The largest absolute Gasteiger partial charge is 0.423 e. The zero-order valence-electron chi connectivity index (χ0n) is 19.0. The van der Waals surface area contributed by atoms with E-state index in [1.807, 2.05) is 27.7 Å². The number of benzene rings is 2. The van der Waals surface area contributed by atoms with Crippen molar-refractivity contribution in [1.29, 1.82) is 0 Å². The minimum atomic E-state index is -3.85. The summed E-state index contributed by atoms with van der Waals surface area (Å²) >= 11 is 0. The van der Waals surface area contributed by atoms with Gasteiger partial charge in [0.2, 0.25) is 0 Å². The van der Waals surface area contributed by atoms with Gasteiger partial charge in [0.25, 0.3) is 10.1 Å². The van der Waals surface area contributed by atoms with E-state index >= 15 is 0 Å². The fourth-order valence-corrected chi connectivity index (χ4v) is 3.44. The molecule has 9 heteroatoms. The first-order valence-corrected chi connectivity index (χ1v) is 11.7. The van der Waals surface area contributed by atoms with Gasteiger partial charge in [-0.25, -0.2) is 4.79 Å². The summed E-state index contributed by atoms with van der Waals surface area (Å²) in [6, 6.07) is 10.4. The maximum Gasteiger partial charge on any atom is 0.343 e. The summed E-state index contributed by atoms with van der Waals surface area (Å²) in [7, 11) is -3.85. The molecule has 2 atom stereocenters. The molecule has 2 aromatic rings. The smallest absolute Gasteiger partial charge is 0.343 e. The molecule has 0 heterocycles. The summed E-state index contributed by atoms with van der Waals surface area (Å²) in [6.07, 6.45) is -0.124. The Hall–Kier alpha value is -2.75. The Kier molecular flexibility index (Phi) is 7.82. The molecule has 2 unspecified atom stereocenters. The summed E-state index contributed by atoms with van der Waals surface area (Å²) < 4.78 is 39.7. The van der Waals surface area contributed by atoms with Crippen LogP contribution in [0.2, 0.25) is 0 Å². The van der Waals surface area contributed by atoms with E-state index in [1.165, 1.54) is 25.1 Å². The van der Waals surface area contributed by atoms with Gasteiger partial charge in [-0.2, -0.15) is 8.42 Å². The van der Waals surface area contributed by atoms with Gasteiger partial charge < -0.3 is 15.2 Å². The lowest BCUT2D eigenvalue weighted by Gasteiger charge is -2.33. The van der Waals surface area contributed by atoms with Crippen LogP contribution in [0.5, 0.6) is 11.5 Å². The molecule has 0 aliphatic carbocycles. The lowest BCUT2D eigenvalue weighted by atomic mass is 9.82. The van der Waals surface area contributed by atoms with Crippen LogP contribution in [0, 0.1) is 12.3 Å². The van der Waals surface area contributed by atoms with Gasteiger partial charge in [-0.3, -0.25) is 8.98 Å². The van der Waals surface area contributed by atoms with E-state index in [-0.39, 0.29) is 11.5 Å². The van der Waals surface area contributed by atoms with Crippen LogP contribution >= 0.6 is 0 Å². The SMILES string of the molecule is CC(=O)Oc1cc(C(OS(C)(=O)=O)C(N)C(C)(C)C)ccc1OC(=O)c1ccc(C)cc1. The highest BCUT2D eigenvalue weighted by molar-refractivity contribution is 7.86. The average Bonchev–Trinajstić information content (AvgIpc) is 2.65. The van der Waals surface area contributed by atoms with Crippen LogP contribution in [0.15, 0.2) is 42.5 Å². The average molecular weight is 464 g/mol. The lowest BCUT2D eigenvalue weighted by Crippen LogP contribution is -2.42. The normalized spacial score (nSPS) is 13.8. The second-order valence-electron chi connectivity index (χ2n) is 8.67. The van der Waals surface area contributed by atoms with E-state index in [4.69, 9.17) is 19.4 Å². The third-order valence-corrected chi connectivity index (χ3v) is 5.20. The first-order valence-electron chi connectivity index (χ1n) is 9.92. The first kappa shape index (κ1) is 25.5. The Bertz CT molecular complexity index is 1090.